The smallest absolute Gasteiger partial charge is 0.255 e. The van der Waals surface area contributed by atoms with Crippen molar-refractivity contribution in [2.75, 3.05) is 13.1 Å². The molecule has 80 valence electrons. The van der Waals surface area contributed by atoms with Gasteiger partial charge in [-0.05, 0) is 40.8 Å². The van der Waals surface area contributed by atoms with E-state index in [1.165, 1.54) is 18.2 Å². The first-order valence-corrected chi connectivity index (χ1v) is 5.58. The standard InChI is InChI=1S/C10H9FINO2/c11-6-1-2-8(9(12)3-6)10(15)13-4-7(14)5-13/h1-3,7,14H,4-5H2. The Morgan fingerprint density at radius 1 is 1.53 bits per heavy atom. The molecule has 1 N–H and O–H groups in total. The van der Waals surface area contributed by atoms with Crippen LogP contribution in [0.3, 0.4) is 0 Å². The largest absolute Gasteiger partial charge is 0.389 e. The second-order valence-electron chi connectivity index (χ2n) is 3.49. The SMILES string of the molecule is O=C(c1ccc(F)cc1I)N1CC(O)C1. The number of aliphatic hydroxyl groups excluding tert-OH is 1. The van der Waals surface area contributed by atoms with Gasteiger partial charge in [0.1, 0.15) is 5.82 Å². The molecule has 1 aromatic carbocycles. The summed E-state index contributed by atoms with van der Waals surface area (Å²) < 4.78 is 13.4. The predicted molar refractivity (Wildman–Crippen MR) is 61.0 cm³/mol. The van der Waals surface area contributed by atoms with E-state index in [1.807, 2.05) is 22.6 Å². The van der Waals surface area contributed by atoms with E-state index >= 15 is 0 Å². The van der Waals surface area contributed by atoms with Crippen molar-refractivity contribution in [3.05, 3.63) is 33.1 Å². The maximum absolute atomic E-state index is 12.8. The fraction of sp³-hybridized carbons (Fsp3) is 0.300. The molecule has 2 rings (SSSR count). The molecule has 1 fully saturated rings. The molecule has 0 radical (unpaired) electrons. The molecular formula is C10H9FINO2. The van der Waals surface area contributed by atoms with Crippen molar-refractivity contribution < 1.29 is 14.3 Å². The number of likely N-dealkylation sites (tertiary alicyclic amines) is 1. The number of halogens is 2. The molecule has 0 aromatic heterocycles. The zero-order valence-electron chi connectivity index (χ0n) is 7.78. The van der Waals surface area contributed by atoms with Crippen molar-refractivity contribution in [2.45, 2.75) is 6.10 Å². The number of rotatable bonds is 1. The Kier molecular flexibility index (Phi) is 2.92. The van der Waals surface area contributed by atoms with Gasteiger partial charge < -0.3 is 10.0 Å². The Bertz CT molecular complexity index is 404. The average molecular weight is 321 g/mol. The van der Waals surface area contributed by atoms with Crippen LogP contribution in [0.15, 0.2) is 18.2 Å². The van der Waals surface area contributed by atoms with Crippen molar-refractivity contribution in [3.63, 3.8) is 0 Å². The Balaban J connectivity index is 2.19. The Labute approximate surface area is 100 Å². The summed E-state index contributed by atoms with van der Waals surface area (Å²) in [6, 6.07) is 4.07. The van der Waals surface area contributed by atoms with Gasteiger partial charge in [-0.3, -0.25) is 4.79 Å². The highest BCUT2D eigenvalue weighted by Gasteiger charge is 2.30. The molecule has 15 heavy (non-hydrogen) atoms. The third-order valence-electron chi connectivity index (χ3n) is 2.31. The molecule has 3 nitrogen and oxygen atoms in total. The molecule has 1 saturated heterocycles. The molecule has 0 saturated carbocycles. The Morgan fingerprint density at radius 2 is 2.20 bits per heavy atom. The number of hydrogen-bond acceptors (Lipinski definition) is 2. The van der Waals surface area contributed by atoms with E-state index < -0.39 is 6.10 Å². The first-order valence-electron chi connectivity index (χ1n) is 4.50. The van der Waals surface area contributed by atoms with Gasteiger partial charge in [-0.2, -0.15) is 0 Å². The molecule has 1 heterocycles. The van der Waals surface area contributed by atoms with E-state index in [9.17, 15) is 9.18 Å². The highest BCUT2D eigenvalue weighted by atomic mass is 127. The predicted octanol–water partition coefficient (Wildman–Crippen LogP) is 1.25. The van der Waals surface area contributed by atoms with Crippen molar-refractivity contribution in [2.24, 2.45) is 0 Å². The lowest BCUT2D eigenvalue weighted by Crippen LogP contribution is -2.53. The van der Waals surface area contributed by atoms with Crippen molar-refractivity contribution >= 4 is 28.5 Å². The topological polar surface area (TPSA) is 40.5 Å². The summed E-state index contributed by atoms with van der Waals surface area (Å²) in [4.78, 5) is 13.3. The number of aliphatic hydroxyl groups is 1. The van der Waals surface area contributed by atoms with Crippen LogP contribution in [-0.2, 0) is 0 Å². The van der Waals surface area contributed by atoms with Gasteiger partial charge in [-0.15, -0.1) is 0 Å². The number of carbonyl (C=O) groups excluding carboxylic acids is 1. The minimum atomic E-state index is -0.410. The summed E-state index contributed by atoms with van der Waals surface area (Å²) in [5.41, 5.74) is 0.490. The van der Waals surface area contributed by atoms with Crippen LogP contribution in [0.2, 0.25) is 0 Å². The van der Waals surface area contributed by atoms with Gasteiger partial charge in [0.2, 0.25) is 0 Å². The molecule has 1 aromatic rings. The highest BCUT2D eigenvalue weighted by Crippen LogP contribution is 2.19. The third-order valence-corrected chi connectivity index (χ3v) is 3.20. The quantitative estimate of drug-likeness (QED) is 0.791. The molecule has 0 aliphatic carbocycles. The molecule has 1 amide bonds. The molecular weight excluding hydrogens is 312 g/mol. The maximum Gasteiger partial charge on any atom is 0.255 e. The third kappa shape index (κ3) is 2.12. The van der Waals surface area contributed by atoms with Gasteiger partial charge in [0.25, 0.3) is 5.91 Å². The zero-order valence-corrected chi connectivity index (χ0v) is 9.94. The van der Waals surface area contributed by atoms with E-state index in [4.69, 9.17) is 5.11 Å². The minimum Gasteiger partial charge on any atom is -0.389 e. The van der Waals surface area contributed by atoms with Crippen LogP contribution >= 0.6 is 22.6 Å². The average Bonchev–Trinajstić information content (AvgIpc) is 2.12. The number of carbonyl (C=O) groups is 1. The van der Waals surface area contributed by atoms with Crippen LogP contribution in [0.5, 0.6) is 0 Å². The van der Waals surface area contributed by atoms with Crippen molar-refractivity contribution in [3.8, 4) is 0 Å². The van der Waals surface area contributed by atoms with Gasteiger partial charge in [0.05, 0.1) is 11.7 Å². The molecule has 1 aliphatic heterocycles. The van der Waals surface area contributed by atoms with Crippen LogP contribution in [0.1, 0.15) is 10.4 Å². The van der Waals surface area contributed by atoms with Crippen LogP contribution in [0.4, 0.5) is 4.39 Å². The van der Waals surface area contributed by atoms with Gasteiger partial charge in [-0.1, -0.05) is 0 Å². The first kappa shape index (κ1) is 10.8. The monoisotopic (exact) mass is 321 g/mol. The van der Waals surface area contributed by atoms with Crippen LogP contribution in [0, 0.1) is 9.39 Å². The Morgan fingerprint density at radius 3 is 2.73 bits per heavy atom. The summed E-state index contributed by atoms with van der Waals surface area (Å²) in [5, 5.41) is 9.07. The second-order valence-corrected chi connectivity index (χ2v) is 4.65. The molecule has 5 heteroatoms. The van der Waals surface area contributed by atoms with Crippen LogP contribution in [-0.4, -0.2) is 35.1 Å². The van der Waals surface area contributed by atoms with Crippen LogP contribution in [0.25, 0.3) is 0 Å². The molecule has 0 unspecified atom stereocenters. The summed E-state index contributed by atoms with van der Waals surface area (Å²) in [7, 11) is 0. The molecule has 0 spiro atoms. The lowest BCUT2D eigenvalue weighted by atomic mass is 10.1. The lowest BCUT2D eigenvalue weighted by molar-refractivity contribution is 0.00582. The van der Waals surface area contributed by atoms with E-state index in [2.05, 4.69) is 0 Å². The number of hydrogen-bond donors (Lipinski definition) is 1. The minimum absolute atomic E-state index is 0.148. The number of β-amino-alcohol motifs (C(OH)–C–C–N with tert-alkyl or cyclic N) is 1. The Hall–Kier alpha value is -0.690. The van der Waals surface area contributed by atoms with Crippen molar-refractivity contribution in [1.82, 2.24) is 4.90 Å². The van der Waals surface area contributed by atoms with E-state index in [1.54, 1.807) is 4.90 Å². The molecule has 0 bridgehead atoms. The maximum atomic E-state index is 12.8. The summed E-state index contributed by atoms with van der Waals surface area (Å²) >= 11 is 1.93. The van der Waals surface area contributed by atoms with Crippen LogP contribution < -0.4 is 0 Å². The van der Waals surface area contributed by atoms with Gasteiger partial charge in [0, 0.05) is 16.7 Å². The van der Waals surface area contributed by atoms with Crippen molar-refractivity contribution in [1.29, 1.82) is 0 Å². The summed E-state index contributed by atoms with van der Waals surface area (Å²) in [6.45, 7) is 0.735. The fourth-order valence-electron chi connectivity index (χ4n) is 1.45. The second kappa shape index (κ2) is 4.05. The summed E-state index contributed by atoms with van der Waals surface area (Å²) in [5.74, 6) is -0.496. The van der Waals surface area contributed by atoms with Gasteiger partial charge in [-0.25, -0.2) is 4.39 Å². The summed E-state index contributed by atoms with van der Waals surface area (Å²) in [6.07, 6.45) is -0.410. The number of nitrogens with zero attached hydrogens (tertiary/aromatic N) is 1. The van der Waals surface area contributed by atoms with E-state index in [0.29, 0.717) is 22.2 Å². The highest BCUT2D eigenvalue weighted by molar-refractivity contribution is 14.1. The first-order chi connectivity index (χ1) is 7.08. The normalized spacial score (nSPS) is 16.3. The number of amides is 1. The lowest BCUT2D eigenvalue weighted by Gasteiger charge is -2.36. The van der Waals surface area contributed by atoms with E-state index in [-0.39, 0.29) is 11.7 Å². The fourth-order valence-corrected chi connectivity index (χ4v) is 2.16. The molecule has 0 atom stereocenters. The van der Waals surface area contributed by atoms with Gasteiger partial charge in [0.15, 0.2) is 0 Å². The van der Waals surface area contributed by atoms with Gasteiger partial charge >= 0.3 is 0 Å². The molecule has 1 aliphatic rings. The number of benzene rings is 1. The van der Waals surface area contributed by atoms with E-state index in [0.717, 1.165) is 0 Å². The zero-order chi connectivity index (χ0) is 11.0.